The van der Waals surface area contributed by atoms with Crippen molar-refractivity contribution in [1.82, 2.24) is 0 Å². The van der Waals surface area contributed by atoms with Gasteiger partial charge in [0.05, 0.1) is 0 Å². The number of rotatable bonds is 6. The molecule has 4 aromatic rings. The molecule has 4 rings (SSSR count). The van der Waals surface area contributed by atoms with Crippen LogP contribution >= 0.6 is 0 Å². The van der Waals surface area contributed by atoms with Crippen molar-refractivity contribution in [3.8, 4) is 11.5 Å². The smallest absolute Gasteiger partial charge is 0.529 e. The molecule has 130 valence electrons. The summed E-state index contributed by atoms with van der Waals surface area (Å²) in [5.41, 5.74) is 1.30. The first-order chi connectivity index (χ1) is 13.2. The topological polar surface area (TPSA) is 52.6 Å². The van der Waals surface area contributed by atoms with Crippen molar-refractivity contribution in [2.24, 2.45) is 0 Å². The zero-order valence-electron chi connectivity index (χ0n) is 14.4. The maximum atomic E-state index is 10.9. The van der Waals surface area contributed by atoms with Crippen molar-refractivity contribution in [3.63, 3.8) is 0 Å². The molecule has 0 aliphatic heterocycles. The van der Waals surface area contributed by atoms with Crippen molar-refractivity contribution in [3.05, 3.63) is 83.9 Å². The number of carbonyl (C=O) groups excluding carboxylic acids is 2. The third-order valence-corrected chi connectivity index (χ3v) is 4.39. The third-order valence-electron chi connectivity index (χ3n) is 4.39. The lowest BCUT2D eigenvalue weighted by atomic mass is 10.1. The van der Waals surface area contributed by atoms with Crippen molar-refractivity contribution in [1.29, 1.82) is 0 Å². The second kappa shape index (κ2) is 7.34. The molecule has 0 bridgehead atoms. The lowest BCUT2D eigenvalue weighted by molar-refractivity contribution is 0.111. The lowest BCUT2D eigenvalue weighted by Gasteiger charge is -2.09. The fraction of sp³-hybridized carbons (Fsp3) is 0. The molecule has 0 atom stereocenters. The van der Waals surface area contributed by atoms with E-state index in [9.17, 15) is 9.59 Å². The lowest BCUT2D eigenvalue weighted by Crippen LogP contribution is -2.10. The van der Waals surface area contributed by atoms with Crippen molar-refractivity contribution < 1.29 is 18.9 Å². The Kier molecular flexibility index (Phi) is 4.58. The monoisotopic (exact) mass is 354 g/mol. The van der Waals surface area contributed by atoms with Gasteiger partial charge in [0, 0.05) is 11.1 Å². The molecule has 0 aliphatic rings. The Labute approximate surface area is 156 Å². The first-order valence-electron chi connectivity index (χ1n) is 8.49. The standard InChI is InChI=1S/C22H15BO4/c24-13-15-1-3-19-11-21(7-5-17(19)9-15)26-23-27-22-8-6-18-10-16(14-25)2-4-20(18)12-22/h1-14,23H. The van der Waals surface area contributed by atoms with Gasteiger partial charge in [-0.05, 0) is 57.9 Å². The zero-order chi connectivity index (χ0) is 18.6. The van der Waals surface area contributed by atoms with Gasteiger partial charge in [0.25, 0.3) is 0 Å². The first kappa shape index (κ1) is 16.9. The van der Waals surface area contributed by atoms with E-state index in [2.05, 4.69) is 0 Å². The van der Waals surface area contributed by atoms with Crippen LogP contribution in [0.4, 0.5) is 0 Å². The minimum absolute atomic E-state index is 0.0792. The van der Waals surface area contributed by atoms with Crippen LogP contribution in [0.3, 0.4) is 0 Å². The summed E-state index contributed by atoms with van der Waals surface area (Å²) in [7, 11) is 0.0792. The Balaban J connectivity index is 1.44. The molecule has 4 nitrogen and oxygen atoms in total. The molecule has 0 aromatic heterocycles. The van der Waals surface area contributed by atoms with E-state index in [0.29, 0.717) is 22.6 Å². The molecule has 5 heteroatoms. The van der Waals surface area contributed by atoms with Crippen LogP contribution in [0.1, 0.15) is 20.7 Å². The number of aldehydes is 2. The van der Waals surface area contributed by atoms with Crippen molar-refractivity contribution in [2.75, 3.05) is 0 Å². The predicted molar refractivity (Wildman–Crippen MR) is 107 cm³/mol. The minimum Gasteiger partial charge on any atom is -0.529 e. The molecule has 4 aromatic carbocycles. The number of hydrogen-bond acceptors (Lipinski definition) is 4. The summed E-state index contributed by atoms with van der Waals surface area (Å²) < 4.78 is 11.4. The van der Waals surface area contributed by atoms with Crippen LogP contribution in [0.25, 0.3) is 21.5 Å². The molecule has 0 unspecified atom stereocenters. The summed E-state index contributed by atoms with van der Waals surface area (Å²) in [4.78, 5) is 21.7. The Morgan fingerprint density at radius 2 is 0.963 bits per heavy atom. The Morgan fingerprint density at radius 3 is 1.41 bits per heavy atom. The molecule has 0 radical (unpaired) electrons. The molecule has 0 saturated heterocycles. The van der Waals surface area contributed by atoms with Gasteiger partial charge >= 0.3 is 7.69 Å². The van der Waals surface area contributed by atoms with Gasteiger partial charge in [-0.1, -0.05) is 36.4 Å². The molecule has 0 fully saturated rings. The highest BCUT2D eigenvalue weighted by molar-refractivity contribution is 6.21. The van der Waals surface area contributed by atoms with E-state index in [1.165, 1.54) is 0 Å². The van der Waals surface area contributed by atoms with E-state index in [4.69, 9.17) is 9.31 Å². The van der Waals surface area contributed by atoms with Gasteiger partial charge < -0.3 is 9.31 Å². The van der Waals surface area contributed by atoms with Crippen LogP contribution in [0.2, 0.25) is 0 Å². The van der Waals surface area contributed by atoms with Crippen molar-refractivity contribution in [2.45, 2.75) is 0 Å². The Hall–Kier alpha value is -3.60. The second-order valence-electron chi connectivity index (χ2n) is 6.18. The SMILES string of the molecule is O=Cc1ccc2cc(OBOc3ccc4cc(C=O)ccc4c3)ccc2c1. The molecule has 0 aliphatic carbocycles. The van der Waals surface area contributed by atoms with Gasteiger partial charge in [0.2, 0.25) is 0 Å². The summed E-state index contributed by atoms with van der Waals surface area (Å²) in [5, 5.41) is 3.96. The highest BCUT2D eigenvalue weighted by Gasteiger charge is 2.04. The van der Waals surface area contributed by atoms with E-state index in [1.807, 2.05) is 60.7 Å². The number of carbonyl (C=O) groups is 2. The highest BCUT2D eigenvalue weighted by atomic mass is 16.6. The Morgan fingerprint density at radius 1 is 0.556 bits per heavy atom. The summed E-state index contributed by atoms with van der Waals surface area (Å²) in [6.45, 7) is 0. The van der Waals surface area contributed by atoms with Crippen LogP contribution < -0.4 is 9.31 Å². The van der Waals surface area contributed by atoms with Gasteiger partial charge in [-0.3, -0.25) is 9.59 Å². The van der Waals surface area contributed by atoms with Gasteiger partial charge in [0.15, 0.2) is 0 Å². The molecule has 0 spiro atoms. The van der Waals surface area contributed by atoms with E-state index in [-0.39, 0.29) is 7.69 Å². The number of hydrogen-bond donors (Lipinski definition) is 0. The van der Waals surface area contributed by atoms with Gasteiger partial charge in [-0.2, -0.15) is 0 Å². The highest BCUT2D eigenvalue weighted by Crippen LogP contribution is 2.23. The number of fused-ring (bicyclic) bond motifs is 2. The minimum atomic E-state index is 0.0792. The summed E-state index contributed by atoms with van der Waals surface area (Å²) in [5.74, 6) is 1.38. The average Bonchev–Trinajstić information content (AvgIpc) is 2.72. The molecule has 0 saturated carbocycles. The molecular formula is C22H15BO4. The van der Waals surface area contributed by atoms with Crippen LogP contribution in [0.5, 0.6) is 11.5 Å². The van der Waals surface area contributed by atoms with Crippen LogP contribution in [-0.4, -0.2) is 20.3 Å². The van der Waals surface area contributed by atoms with Gasteiger partial charge in [0.1, 0.15) is 24.1 Å². The molecule has 0 amide bonds. The van der Waals surface area contributed by atoms with Gasteiger partial charge in [-0.15, -0.1) is 0 Å². The molecule has 0 N–H and O–H groups in total. The van der Waals surface area contributed by atoms with E-state index >= 15 is 0 Å². The third kappa shape index (κ3) is 3.67. The normalized spacial score (nSPS) is 10.5. The van der Waals surface area contributed by atoms with Gasteiger partial charge in [-0.25, -0.2) is 0 Å². The quantitative estimate of drug-likeness (QED) is 0.382. The summed E-state index contributed by atoms with van der Waals surface area (Å²) in [6.07, 6.45) is 1.67. The fourth-order valence-corrected chi connectivity index (χ4v) is 2.98. The van der Waals surface area contributed by atoms with Crippen LogP contribution in [0.15, 0.2) is 72.8 Å². The van der Waals surface area contributed by atoms with E-state index < -0.39 is 0 Å². The second-order valence-corrected chi connectivity index (χ2v) is 6.18. The number of benzene rings is 4. The fourth-order valence-electron chi connectivity index (χ4n) is 2.98. The maximum absolute atomic E-state index is 10.9. The van der Waals surface area contributed by atoms with Crippen molar-refractivity contribution >= 4 is 41.8 Å². The maximum Gasteiger partial charge on any atom is 0.576 e. The predicted octanol–water partition coefficient (Wildman–Crippen LogP) is 4.34. The Bertz CT molecular complexity index is 1060. The van der Waals surface area contributed by atoms with Crippen LogP contribution in [-0.2, 0) is 0 Å². The average molecular weight is 354 g/mol. The van der Waals surface area contributed by atoms with E-state index in [0.717, 1.165) is 34.1 Å². The molecule has 0 heterocycles. The molecular weight excluding hydrogens is 339 g/mol. The summed E-state index contributed by atoms with van der Waals surface area (Å²) >= 11 is 0. The largest absolute Gasteiger partial charge is 0.576 e. The van der Waals surface area contributed by atoms with Crippen LogP contribution in [0, 0.1) is 0 Å². The first-order valence-corrected chi connectivity index (χ1v) is 8.49. The summed E-state index contributed by atoms with van der Waals surface area (Å²) in [6, 6.07) is 22.4. The zero-order valence-corrected chi connectivity index (χ0v) is 14.4. The molecule has 27 heavy (non-hydrogen) atoms. The van der Waals surface area contributed by atoms with E-state index in [1.54, 1.807) is 12.1 Å².